The molecule has 0 unspecified atom stereocenters. The Morgan fingerprint density at radius 2 is 1.59 bits per heavy atom. The van der Waals surface area contributed by atoms with Crippen LogP contribution in [-0.2, 0) is 36.9 Å². The van der Waals surface area contributed by atoms with E-state index >= 15 is 0 Å². The third-order valence-electron chi connectivity index (χ3n) is 6.50. The number of ether oxygens (including phenoxy) is 1. The number of amides is 3. The minimum atomic E-state index is -1.19. The Hall–Kier alpha value is -4.25. The normalized spacial score (nSPS) is 16.6. The lowest BCUT2D eigenvalue weighted by atomic mass is 10.0. The Balaban J connectivity index is 1.71. The van der Waals surface area contributed by atoms with Crippen molar-refractivity contribution in [3.05, 3.63) is 71.8 Å². The molecule has 0 aromatic heterocycles. The van der Waals surface area contributed by atoms with Gasteiger partial charge in [0.25, 0.3) is 0 Å². The molecular weight excluding hydrogens is 504 g/mol. The van der Waals surface area contributed by atoms with E-state index in [2.05, 4.69) is 10.6 Å². The molecule has 11 heteroatoms. The summed E-state index contributed by atoms with van der Waals surface area (Å²) in [4.78, 5) is 63.7. The van der Waals surface area contributed by atoms with Gasteiger partial charge < -0.3 is 26.2 Å². The SMILES string of the molecule is NC(=O)CC[C@H](NC(=O)OCc1ccccc1)C(=O)N[C@@H](Cc1ccccc1)C(=O)CN1CCC[C@H]1C(=O)O. The van der Waals surface area contributed by atoms with E-state index in [1.165, 1.54) is 0 Å². The molecule has 1 fully saturated rings. The second-order valence-corrected chi connectivity index (χ2v) is 9.45. The highest BCUT2D eigenvalue weighted by Crippen LogP contribution is 2.18. The first-order chi connectivity index (χ1) is 18.7. The van der Waals surface area contributed by atoms with Gasteiger partial charge in [-0.1, -0.05) is 60.7 Å². The smallest absolute Gasteiger partial charge is 0.408 e. The average molecular weight is 539 g/mol. The Kier molecular flexibility index (Phi) is 11.0. The van der Waals surface area contributed by atoms with Crippen molar-refractivity contribution in [1.29, 1.82) is 0 Å². The summed E-state index contributed by atoms with van der Waals surface area (Å²) < 4.78 is 5.21. The number of nitrogens with zero attached hydrogens (tertiary/aromatic N) is 1. The van der Waals surface area contributed by atoms with Crippen molar-refractivity contribution in [1.82, 2.24) is 15.5 Å². The standard InChI is InChI=1S/C28H34N4O7/c29-25(34)14-13-21(31-28(38)39-18-20-10-5-2-6-11-20)26(35)30-22(16-19-8-3-1-4-9-19)24(33)17-32-15-7-12-23(32)27(36)37/h1-6,8-11,21-23H,7,12-18H2,(H2,29,34)(H,30,35)(H,31,38)(H,36,37)/t21-,22-,23-/m0/s1. The fourth-order valence-electron chi connectivity index (χ4n) is 4.44. The summed E-state index contributed by atoms with van der Waals surface area (Å²) in [6, 6.07) is 15.1. The Morgan fingerprint density at radius 1 is 0.949 bits per heavy atom. The number of carboxylic acid groups (broad SMARTS) is 1. The summed E-state index contributed by atoms with van der Waals surface area (Å²) in [6.07, 6.45) is 0.129. The van der Waals surface area contributed by atoms with Crippen LogP contribution in [0.5, 0.6) is 0 Å². The quantitative estimate of drug-likeness (QED) is 0.280. The van der Waals surface area contributed by atoms with Gasteiger partial charge in [0.1, 0.15) is 18.7 Å². The highest BCUT2D eigenvalue weighted by Gasteiger charge is 2.34. The van der Waals surface area contributed by atoms with E-state index in [-0.39, 0.29) is 38.2 Å². The Labute approximate surface area is 226 Å². The van der Waals surface area contributed by atoms with Gasteiger partial charge in [-0.05, 0) is 43.4 Å². The number of aliphatic carboxylic acids is 1. The van der Waals surface area contributed by atoms with Crippen molar-refractivity contribution in [2.45, 2.75) is 56.8 Å². The van der Waals surface area contributed by atoms with Crippen molar-refractivity contribution in [2.75, 3.05) is 13.1 Å². The Morgan fingerprint density at radius 3 is 2.21 bits per heavy atom. The van der Waals surface area contributed by atoms with Crippen LogP contribution in [0.3, 0.4) is 0 Å². The molecule has 0 radical (unpaired) electrons. The first-order valence-corrected chi connectivity index (χ1v) is 12.8. The number of hydrogen-bond acceptors (Lipinski definition) is 7. The number of rotatable bonds is 14. The summed E-state index contributed by atoms with van der Waals surface area (Å²) in [6.45, 7) is 0.296. The Bertz CT molecular complexity index is 1140. The zero-order valence-electron chi connectivity index (χ0n) is 21.6. The lowest BCUT2D eigenvalue weighted by molar-refractivity contribution is -0.143. The van der Waals surface area contributed by atoms with Crippen LogP contribution in [0.15, 0.2) is 60.7 Å². The second kappa shape index (κ2) is 14.6. The van der Waals surface area contributed by atoms with Crippen molar-refractivity contribution >= 4 is 29.7 Å². The lowest BCUT2D eigenvalue weighted by Gasteiger charge is -2.26. The maximum atomic E-state index is 13.3. The number of carboxylic acids is 1. The van der Waals surface area contributed by atoms with Crippen molar-refractivity contribution in [2.24, 2.45) is 5.73 Å². The molecule has 3 amide bonds. The van der Waals surface area contributed by atoms with Gasteiger partial charge in [0.2, 0.25) is 11.8 Å². The molecule has 0 spiro atoms. The molecule has 1 heterocycles. The van der Waals surface area contributed by atoms with E-state index in [9.17, 15) is 29.1 Å². The van der Waals surface area contributed by atoms with E-state index in [0.29, 0.717) is 19.4 Å². The molecule has 3 atom stereocenters. The molecular formula is C28H34N4O7. The first kappa shape index (κ1) is 29.3. The monoisotopic (exact) mass is 538 g/mol. The van der Waals surface area contributed by atoms with Gasteiger partial charge in [-0.3, -0.25) is 24.1 Å². The van der Waals surface area contributed by atoms with Crippen LogP contribution in [0, 0.1) is 0 Å². The molecule has 2 aromatic rings. The first-order valence-electron chi connectivity index (χ1n) is 12.8. The largest absolute Gasteiger partial charge is 0.480 e. The van der Waals surface area contributed by atoms with Crippen molar-refractivity contribution < 1.29 is 33.8 Å². The van der Waals surface area contributed by atoms with Crippen LogP contribution in [-0.4, -0.2) is 70.9 Å². The van der Waals surface area contributed by atoms with Crippen LogP contribution < -0.4 is 16.4 Å². The molecule has 1 aliphatic rings. The van der Waals surface area contributed by atoms with E-state index < -0.39 is 42.0 Å². The van der Waals surface area contributed by atoms with Gasteiger partial charge in [-0.2, -0.15) is 0 Å². The van der Waals surface area contributed by atoms with Gasteiger partial charge in [-0.15, -0.1) is 0 Å². The number of likely N-dealkylation sites (tertiary alicyclic amines) is 1. The third kappa shape index (κ3) is 9.53. The molecule has 0 saturated carbocycles. The van der Waals surface area contributed by atoms with Crippen LogP contribution in [0.25, 0.3) is 0 Å². The fraction of sp³-hybridized carbons (Fsp3) is 0.393. The number of Topliss-reactive ketones (excluding diaryl/α,β-unsaturated/α-hetero) is 1. The molecule has 5 N–H and O–H groups in total. The third-order valence-corrected chi connectivity index (χ3v) is 6.50. The number of primary amides is 1. The molecule has 3 rings (SSSR count). The van der Waals surface area contributed by atoms with Gasteiger partial charge in [0.15, 0.2) is 5.78 Å². The number of carbonyl (C=O) groups excluding carboxylic acids is 4. The summed E-state index contributed by atoms with van der Waals surface area (Å²) >= 11 is 0. The predicted molar refractivity (Wildman–Crippen MR) is 141 cm³/mol. The van der Waals surface area contributed by atoms with E-state index in [4.69, 9.17) is 10.5 Å². The summed E-state index contributed by atoms with van der Waals surface area (Å²) in [5.74, 6) is -2.69. The molecule has 2 aromatic carbocycles. The van der Waals surface area contributed by atoms with Crippen LogP contribution in [0.4, 0.5) is 4.79 Å². The summed E-state index contributed by atoms with van der Waals surface area (Å²) in [5.41, 5.74) is 6.80. The maximum Gasteiger partial charge on any atom is 0.408 e. The molecule has 0 bridgehead atoms. The topological polar surface area (TPSA) is 168 Å². The maximum absolute atomic E-state index is 13.3. The van der Waals surface area contributed by atoms with E-state index in [1.807, 2.05) is 24.3 Å². The summed E-state index contributed by atoms with van der Waals surface area (Å²) in [5, 5.41) is 14.6. The zero-order valence-corrected chi connectivity index (χ0v) is 21.6. The number of carbonyl (C=O) groups is 5. The number of nitrogens with one attached hydrogen (secondary N) is 2. The highest BCUT2D eigenvalue weighted by atomic mass is 16.5. The van der Waals surface area contributed by atoms with Crippen molar-refractivity contribution in [3.8, 4) is 0 Å². The molecule has 0 aliphatic carbocycles. The minimum absolute atomic E-state index is 0.0213. The molecule has 39 heavy (non-hydrogen) atoms. The number of alkyl carbamates (subject to hydrolysis) is 1. The molecule has 11 nitrogen and oxygen atoms in total. The number of benzene rings is 2. The predicted octanol–water partition coefficient (Wildman–Crippen LogP) is 1.39. The van der Waals surface area contributed by atoms with E-state index in [0.717, 1.165) is 11.1 Å². The average Bonchev–Trinajstić information content (AvgIpc) is 3.39. The number of ketones is 1. The van der Waals surface area contributed by atoms with Crippen LogP contribution >= 0.6 is 0 Å². The lowest BCUT2D eigenvalue weighted by Crippen LogP contribution is -2.54. The number of nitrogens with two attached hydrogens (primary N) is 1. The van der Waals surface area contributed by atoms with E-state index in [1.54, 1.807) is 41.3 Å². The molecule has 1 saturated heterocycles. The molecule has 1 aliphatic heterocycles. The van der Waals surface area contributed by atoms with Crippen molar-refractivity contribution in [3.63, 3.8) is 0 Å². The fourth-order valence-corrected chi connectivity index (χ4v) is 4.44. The second-order valence-electron chi connectivity index (χ2n) is 9.45. The van der Waals surface area contributed by atoms with Gasteiger partial charge in [0, 0.05) is 6.42 Å². The van der Waals surface area contributed by atoms with Gasteiger partial charge in [-0.25, -0.2) is 4.79 Å². The van der Waals surface area contributed by atoms with Gasteiger partial charge in [0.05, 0.1) is 12.6 Å². The number of hydrogen-bond donors (Lipinski definition) is 4. The van der Waals surface area contributed by atoms with Gasteiger partial charge >= 0.3 is 12.1 Å². The summed E-state index contributed by atoms with van der Waals surface area (Å²) in [7, 11) is 0. The molecule has 208 valence electrons. The highest BCUT2D eigenvalue weighted by molar-refractivity contribution is 5.93. The zero-order chi connectivity index (χ0) is 28.2. The van der Waals surface area contributed by atoms with Crippen LogP contribution in [0.2, 0.25) is 0 Å². The van der Waals surface area contributed by atoms with Crippen LogP contribution in [0.1, 0.15) is 36.8 Å². The minimum Gasteiger partial charge on any atom is -0.480 e.